The number of esters is 2. The van der Waals surface area contributed by atoms with E-state index < -0.39 is 18.0 Å². The average molecular weight is 352 g/mol. The monoisotopic (exact) mass is 352 g/mol. The Hall–Kier alpha value is -2.35. The van der Waals surface area contributed by atoms with E-state index in [0.717, 1.165) is 0 Å². The molecule has 8 nitrogen and oxygen atoms in total. The fourth-order valence-corrected chi connectivity index (χ4v) is 2.77. The van der Waals surface area contributed by atoms with Gasteiger partial charge in [0.25, 0.3) is 5.91 Å². The molecular weight excluding hydrogens is 328 g/mol. The van der Waals surface area contributed by atoms with Crippen LogP contribution in [0.1, 0.15) is 46.0 Å². The highest BCUT2D eigenvalue weighted by molar-refractivity contribution is 5.99. The van der Waals surface area contributed by atoms with Crippen LogP contribution in [0, 0.1) is 13.8 Å². The molecule has 2 heterocycles. The van der Waals surface area contributed by atoms with E-state index in [4.69, 9.17) is 14.2 Å². The predicted molar refractivity (Wildman–Crippen MR) is 88.5 cm³/mol. The number of nitrogens with zero attached hydrogens (tertiary/aromatic N) is 1. The molecule has 1 aliphatic heterocycles. The number of rotatable bonds is 5. The largest absolute Gasteiger partial charge is 0.461 e. The number of aromatic nitrogens is 1. The maximum absolute atomic E-state index is 12.5. The smallest absolute Gasteiger partial charge is 0.355 e. The first kappa shape index (κ1) is 19.0. The van der Waals surface area contributed by atoms with Crippen molar-refractivity contribution in [2.75, 3.05) is 32.9 Å². The molecule has 2 rings (SSSR count). The summed E-state index contributed by atoms with van der Waals surface area (Å²) in [4.78, 5) is 41.2. The molecule has 0 bridgehead atoms. The van der Waals surface area contributed by atoms with Crippen molar-refractivity contribution in [2.24, 2.45) is 0 Å². The van der Waals surface area contributed by atoms with Crippen molar-refractivity contribution >= 4 is 17.8 Å². The molecule has 8 heteroatoms. The molecule has 1 amide bonds. The fourth-order valence-electron chi connectivity index (χ4n) is 2.77. The molecule has 0 radical (unpaired) electrons. The van der Waals surface area contributed by atoms with E-state index in [1.54, 1.807) is 32.6 Å². The number of hydrogen-bond acceptors (Lipinski definition) is 6. The van der Waals surface area contributed by atoms with E-state index in [1.165, 1.54) is 0 Å². The number of H-pyrrole nitrogens is 1. The number of carbonyl (C=O) groups excluding carboxylic acids is 3. The highest BCUT2D eigenvalue weighted by Crippen LogP contribution is 2.20. The molecule has 0 aromatic carbocycles. The van der Waals surface area contributed by atoms with Crippen molar-refractivity contribution in [2.45, 2.75) is 33.8 Å². The van der Waals surface area contributed by atoms with Crippen LogP contribution in [0.5, 0.6) is 0 Å². The van der Waals surface area contributed by atoms with Crippen molar-refractivity contribution in [3.63, 3.8) is 0 Å². The van der Waals surface area contributed by atoms with Crippen LogP contribution in [-0.2, 0) is 19.0 Å². The van der Waals surface area contributed by atoms with E-state index in [-0.39, 0.29) is 23.8 Å². The summed E-state index contributed by atoms with van der Waals surface area (Å²) < 4.78 is 15.5. The Kier molecular flexibility index (Phi) is 6.19. The van der Waals surface area contributed by atoms with Gasteiger partial charge in [0, 0.05) is 18.8 Å². The lowest BCUT2D eigenvalue weighted by molar-refractivity contribution is -0.143. The van der Waals surface area contributed by atoms with Gasteiger partial charge >= 0.3 is 11.9 Å². The third-order valence-corrected chi connectivity index (χ3v) is 4.08. The number of ether oxygens (including phenoxy) is 3. The van der Waals surface area contributed by atoms with Crippen LogP contribution in [-0.4, -0.2) is 66.7 Å². The summed E-state index contributed by atoms with van der Waals surface area (Å²) in [6.07, 6.45) is -0.912. The van der Waals surface area contributed by atoms with Gasteiger partial charge in [-0.05, 0) is 33.3 Å². The average Bonchev–Trinajstić information content (AvgIpc) is 2.89. The summed E-state index contributed by atoms with van der Waals surface area (Å²) in [5, 5.41) is 0. The van der Waals surface area contributed by atoms with E-state index in [0.29, 0.717) is 37.6 Å². The molecule has 138 valence electrons. The van der Waals surface area contributed by atoms with E-state index >= 15 is 0 Å². The minimum Gasteiger partial charge on any atom is -0.461 e. The van der Waals surface area contributed by atoms with Gasteiger partial charge in [0.05, 0.1) is 25.4 Å². The van der Waals surface area contributed by atoms with Crippen LogP contribution in [0.25, 0.3) is 0 Å². The minimum atomic E-state index is -0.912. The molecule has 1 N–H and O–H groups in total. The number of hydrogen-bond donors (Lipinski definition) is 1. The number of morpholine rings is 1. The first-order valence-corrected chi connectivity index (χ1v) is 8.30. The first-order valence-electron chi connectivity index (χ1n) is 8.30. The Morgan fingerprint density at radius 2 is 1.84 bits per heavy atom. The summed E-state index contributed by atoms with van der Waals surface area (Å²) in [5.41, 5.74) is 1.42. The van der Waals surface area contributed by atoms with Crippen LogP contribution < -0.4 is 0 Å². The second-order valence-corrected chi connectivity index (χ2v) is 5.83. The summed E-state index contributed by atoms with van der Waals surface area (Å²) in [5.74, 6) is -1.43. The Morgan fingerprint density at radius 3 is 2.44 bits per heavy atom. The van der Waals surface area contributed by atoms with Crippen LogP contribution in [0.4, 0.5) is 0 Å². The van der Waals surface area contributed by atoms with E-state index in [1.807, 2.05) is 0 Å². The molecule has 0 unspecified atom stereocenters. The minimum absolute atomic E-state index is 0.221. The normalized spacial score (nSPS) is 15.6. The Bertz CT molecular complexity index is 660. The number of amides is 1. The number of aromatic amines is 1. The van der Waals surface area contributed by atoms with Crippen molar-refractivity contribution in [1.29, 1.82) is 0 Å². The molecule has 1 fully saturated rings. The van der Waals surface area contributed by atoms with Gasteiger partial charge in [-0.1, -0.05) is 0 Å². The Balaban J connectivity index is 2.09. The molecule has 1 aromatic heterocycles. The van der Waals surface area contributed by atoms with Gasteiger partial charge in [-0.2, -0.15) is 0 Å². The van der Waals surface area contributed by atoms with Crippen molar-refractivity contribution in [3.05, 3.63) is 22.5 Å². The molecule has 25 heavy (non-hydrogen) atoms. The highest BCUT2D eigenvalue weighted by atomic mass is 16.5. The molecule has 1 aliphatic rings. The van der Waals surface area contributed by atoms with Gasteiger partial charge in [-0.3, -0.25) is 4.79 Å². The quantitative estimate of drug-likeness (QED) is 0.800. The summed E-state index contributed by atoms with van der Waals surface area (Å²) >= 11 is 0. The molecule has 0 saturated carbocycles. The predicted octanol–water partition coefficient (Wildman–Crippen LogP) is 1.21. The molecule has 0 spiro atoms. The topological polar surface area (TPSA) is 97.9 Å². The van der Waals surface area contributed by atoms with Gasteiger partial charge in [0.2, 0.25) is 0 Å². The van der Waals surface area contributed by atoms with Gasteiger partial charge in [-0.15, -0.1) is 0 Å². The molecule has 1 aromatic rings. The van der Waals surface area contributed by atoms with Gasteiger partial charge in [0.1, 0.15) is 5.69 Å². The second kappa shape index (κ2) is 8.15. The number of nitrogens with one attached hydrogen (secondary N) is 1. The zero-order valence-electron chi connectivity index (χ0n) is 15.0. The van der Waals surface area contributed by atoms with Crippen molar-refractivity contribution in [1.82, 2.24) is 9.88 Å². The van der Waals surface area contributed by atoms with Crippen LogP contribution in [0.2, 0.25) is 0 Å². The van der Waals surface area contributed by atoms with Gasteiger partial charge in [-0.25, -0.2) is 9.59 Å². The summed E-state index contributed by atoms with van der Waals surface area (Å²) in [7, 11) is 0. The maximum Gasteiger partial charge on any atom is 0.355 e. The van der Waals surface area contributed by atoms with E-state index in [2.05, 4.69) is 4.98 Å². The number of aryl methyl sites for hydroxylation is 1. The standard InChI is InChI=1S/C17H24N2O6/c1-5-24-17(22)14-10(2)13(11(3)18-14)16(21)25-12(4)15(20)19-6-8-23-9-7-19/h12,18H,5-9H2,1-4H3/t12-/m1/s1. The molecule has 1 saturated heterocycles. The third-order valence-electron chi connectivity index (χ3n) is 4.08. The zero-order chi connectivity index (χ0) is 18.6. The molecule has 0 aliphatic carbocycles. The van der Waals surface area contributed by atoms with Crippen LogP contribution in [0.15, 0.2) is 0 Å². The first-order chi connectivity index (χ1) is 11.9. The Morgan fingerprint density at radius 1 is 1.20 bits per heavy atom. The second-order valence-electron chi connectivity index (χ2n) is 5.83. The molecule has 1 atom stereocenters. The lowest BCUT2D eigenvalue weighted by Gasteiger charge is -2.29. The molecular formula is C17H24N2O6. The van der Waals surface area contributed by atoms with Crippen LogP contribution in [0.3, 0.4) is 0 Å². The summed E-state index contributed by atoms with van der Waals surface area (Å²) in [6.45, 7) is 8.71. The fraction of sp³-hybridized carbons (Fsp3) is 0.588. The third kappa shape index (κ3) is 4.19. The van der Waals surface area contributed by atoms with Gasteiger partial charge in [0.15, 0.2) is 6.10 Å². The number of carbonyl (C=O) groups is 3. The van der Waals surface area contributed by atoms with Crippen molar-refractivity contribution in [3.8, 4) is 0 Å². The summed E-state index contributed by atoms with van der Waals surface area (Å²) in [6, 6.07) is 0. The maximum atomic E-state index is 12.5. The van der Waals surface area contributed by atoms with Crippen molar-refractivity contribution < 1.29 is 28.6 Å². The Labute approximate surface area is 146 Å². The zero-order valence-corrected chi connectivity index (χ0v) is 15.0. The van der Waals surface area contributed by atoms with Gasteiger partial charge < -0.3 is 24.1 Å². The van der Waals surface area contributed by atoms with Crippen LogP contribution >= 0.6 is 0 Å². The highest BCUT2D eigenvalue weighted by Gasteiger charge is 2.29. The van der Waals surface area contributed by atoms with E-state index in [9.17, 15) is 14.4 Å². The lowest BCUT2D eigenvalue weighted by atomic mass is 10.1. The lowest BCUT2D eigenvalue weighted by Crippen LogP contribution is -2.46. The SMILES string of the molecule is CCOC(=O)c1[nH]c(C)c(C(=O)O[C@H](C)C(=O)N2CCOCC2)c1C.